The molecule has 17 heavy (non-hydrogen) atoms. The van der Waals surface area contributed by atoms with E-state index in [9.17, 15) is 18.0 Å². The summed E-state index contributed by atoms with van der Waals surface area (Å²) in [5, 5.41) is 2.39. The van der Waals surface area contributed by atoms with Gasteiger partial charge in [-0.05, 0) is 19.1 Å². The van der Waals surface area contributed by atoms with Gasteiger partial charge in [0.15, 0.2) is 17.5 Å². The molecule has 1 aromatic rings. The molecule has 3 nitrogen and oxygen atoms in total. The van der Waals surface area contributed by atoms with Crippen molar-refractivity contribution < 1.29 is 22.7 Å². The minimum atomic E-state index is -1.59. The van der Waals surface area contributed by atoms with Crippen molar-refractivity contribution in [1.82, 2.24) is 5.32 Å². The molecular formula is C11H12F3NO2. The summed E-state index contributed by atoms with van der Waals surface area (Å²) in [6.07, 6.45) is 0. The standard InChI is InChI=1S/C11H12F3NO2/c1-2-17-4-3-15-11(16)7-5-8(12)10(14)9(13)6-7/h5-6H,2-4H2,1H3,(H,15,16). The monoisotopic (exact) mass is 247 g/mol. The first-order chi connectivity index (χ1) is 8.06. The van der Waals surface area contributed by atoms with Crippen LogP contribution in [0, 0.1) is 17.5 Å². The largest absolute Gasteiger partial charge is 0.380 e. The third-order valence-corrected chi connectivity index (χ3v) is 1.98. The zero-order valence-corrected chi connectivity index (χ0v) is 9.23. The Bertz CT molecular complexity index is 387. The lowest BCUT2D eigenvalue weighted by Crippen LogP contribution is -2.27. The van der Waals surface area contributed by atoms with Crippen LogP contribution in [-0.2, 0) is 4.74 Å². The van der Waals surface area contributed by atoms with E-state index in [2.05, 4.69) is 5.32 Å². The summed E-state index contributed by atoms with van der Waals surface area (Å²) in [4.78, 5) is 11.4. The molecule has 1 aromatic carbocycles. The number of ether oxygens (including phenoxy) is 1. The van der Waals surface area contributed by atoms with Gasteiger partial charge in [0.2, 0.25) is 0 Å². The van der Waals surface area contributed by atoms with Gasteiger partial charge in [0.25, 0.3) is 5.91 Å². The second kappa shape index (κ2) is 6.24. The van der Waals surface area contributed by atoms with Crippen LogP contribution in [0.4, 0.5) is 13.2 Å². The van der Waals surface area contributed by atoms with Gasteiger partial charge in [-0.15, -0.1) is 0 Å². The molecule has 0 aliphatic heterocycles. The lowest BCUT2D eigenvalue weighted by Gasteiger charge is -2.06. The summed E-state index contributed by atoms with van der Waals surface area (Å²) in [6.45, 7) is 2.82. The molecule has 0 aromatic heterocycles. The Morgan fingerprint density at radius 2 is 1.88 bits per heavy atom. The summed E-state index contributed by atoms with van der Waals surface area (Å²) >= 11 is 0. The Kier molecular flexibility index (Phi) is 4.96. The molecule has 6 heteroatoms. The average Bonchev–Trinajstić information content (AvgIpc) is 2.30. The van der Waals surface area contributed by atoms with Gasteiger partial charge < -0.3 is 10.1 Å². The summed E-state index contributed by atoms with van der Waals surface area (Å²) in [6, 6.07) is 1.29. The van der Waals surface area contributed by atoms with Gasteiger partial charge in [-0.25, -0.2) is 13.2 Å². The average molecular weight is 247 g/mol. The van der Waals surface area contributed by atoms with Gasteiger partial charge in [-0.3, -0.25) is 4.79 Å². The van der Waals surface area contributed by atoms with Crippen LogP contribution in [0.1, 0.15) is 17.3 Å². The molecular weight excluding hydrogens is 235 g/mol. The number of rotatable bonds is 5. The zero-order valence-electron chi connectivity index (χ0n) is 9.23. The van der Waals surface area contributed by atoms with E-state index in [-0.39, 0.29) is 12.1 Å². The lowest BCUT2D eigenvalue weighted by atomic mass is 10.2. The Hall–Kier alpha value is -1.56. The Morgan fingerprint density at radius 1 is 1.29 bits per heavy atom. The molecule has 0 unspecified atom stereocenters. The van der Waals surface area contributed by atoms with E-state index in [1.165, 1.54) is 0 Å². The molecule has 94 valence electrons. The number of benzene rings is 1. The summed E-state index contributed by atoms with van der Waals surface area (Å²) < 4.78 is 43.2. The number of carbonyl (C=O) groups excluding carboxylic acids is 1. The first-order valence-corrected chi connectivity index (χ1v) is 5.06. The fourth-order valence-electron chi connectivity index (χ4n) is 1.17. The van der Waals surface area contributed by atoms with E-state index in [4.69, 9.17) is 4.74 Å². The number of amides is 1. The first-order valence-electron chi connectivity index (χ1n) is 5.06. The lowest BCUT2D eigenvalue weighted by molar-refractivity contribution is 0.0921. The molecule has 0 aliphatic carbocycles. The maximum absolute atomic E-state index is 12.8. The highest BCUT2D eigenvalue weighted by molar-refractivity contribution is 5.94. The van der Waals surface area contributed by atoms with Gasteiger partial charge in [0.05, 0.1) is 6.61 Å². The molecule has 1 rings (SSSR count). The minimum absolute atomic E-state index is 0.216. The molecule has 0 heterocycles. The normalized spacial score (nSPS) is 10.4. The summed E-state index contributed by atoms with van der Waals surface area (Å²) in [5.41, 5.74) is -0.266. The first kappa shape index (κ1) is 13.5. The van der Waals surface area contributed by atoms with Crippen molar-refractivity contribution in [3.05, 3.63) is 35.1 Å². The Balaban J connectivity index is 2.63. The number of carbonyl (C=O) groups is 1. The molecule has 0 fully saturated rings. The number of halogens is 3. The molecule has 0 bridgehead atoms. The second-order valence-electron chi connectivity index (χ2n) is 3.21. The van der Waals surface area contributed by atoms with E-state index >= 15 is 0 Å². The van der Waals surface area contributed by atoms with Crippen molar-refractivity contribution in [3.8, 4) is 0 Å². The van der Waals surface area contributed by atoms with Crippen molar-refractivity contribution in [1.29, 1.82) is 0 Å². The second-order valence-corrected chi connectivity index (χ2v) is 3.21. The minimum Gasteiger partial charge on any atom is -0.380 e. The number of hydrogen-bond donors (Lipinski definition) is 1. The quantitative estimate of drug-likeness (QED) is 0.637. The van der Waals surface area contributed by atoms with Gasteiger partial charge in [-0.2, -0.15) is 0 Å². The van der Waals surface area contributed by atoms with Gasteiger partial charge in [0.1, 0.15) is 0 Å². The van der Waals surface area contributed by atoms with Crippen molar-refractivity contribution in [2.45, 2.75) is 6.92 Å². The maximum atomic E-state index is 12.8. The van der Waals surface area contributed by atoms with Gasteiger partial charge in [0, 0.05) is 18.7 Å². The van der Waals surface area contributed by atoms with Crippen LogP contribution in [0.25, 0.3) is 0 Å². The maximum Gasteiger partial charge on any atom is 0.251 e. The van der Waals surface area contributed by atoms with Crippen LogP contribution < -0.4 is 5.32 Å². The van der Waals surface area contributed by atoms with Crippen LogP contribution in [0.2, 0.25) is 0 Å². The molecule has 0 aliphatic rings. The highest BCUT2D eigenvalue weighted by Crippen LogP contribution is 2.13. The van der Waals surface area contributed by atoms with Crippen LogP contribution in [0.15, 0.2) is 12.1 Å². The molecule has 0 spiro atoms. The van der Waals surface area contributed by atoms with Crippen molar-refractivity contribution >= 4 is 5.91 Å². The van der Waals surface area contributed by atoms with E-state index in [1.807, 2.05) is 0 Å². The van der Waals surface area contributed by atoms with E-state index < -0.39 is 23.4 Å². The fraction of sp³-hybridized carbons (Fsp3) is 0.364. The van der Waals surface area contributed by atoms with E-state index in [1.54, 1.807) is 6.92 Å². The zero-order chi connectivity index (χ0) is 12.8. The molecule has 0 saturated heterocycles. The predicted octanol–water partition coefficient (Wildman–Crippen LogP) is 1.87. The third kappa shape index (κ3) is 3.74. The molecule has 1 amide bonds. The van der Waals surface area contributed by atoms with E-state index in [0.29, 0.717) is 25.3 Å². The van der Waals surface area contributed by atoms with Crippen LogP contribution in [0.3, 0.4) is 0 Å². The topological polar surface area (TPSA) is 38.3 Å². The van der Waals surface area contributed by atoms with Gasteiger partial charge in [-0.1, -0.05) is 0 Å². The molecule has 0 atom stereocenters. The fourth-order valence-corrected chi connectivity index (χ4v) is 1.17. The van der Waals surface area contributed by atoms with Crippen molar-refractivity contribution in [2.75, 3.05) is 19.8 Å². The van der Waals surface area contributed by atoms with Crippen molar-refractivity contribution in [2.24, 2.45) is 0 Å². The predicted molar refractivity (Wildman–Crippen MR) is 55.1 cm³/mol. The Morgan fingerprint density at radius 3 is 2.41 bits per heavy atom. The summed E-state index contributed by atoms with van der Waals surface area (Å²) in [7, 11) is 0. The van der Waals surface area contributed by atoms with Crippen LogP contribution in [0.5, 0.6) is 0 Å². The van der Waals surface area contributed by atoms with Crippen LogP contribution >= 0.6 is 0 Å². The highest BCUT2D eigenvalue weighted by atomic mass is 19.2. The smallest absolute Gasteiger partial charge is 0.251 e. The van der Waals surface area contributed by atoms with E-state index in [0.717, 1.165) is 0 Å². The molecule has 0 radical (unpaired) electrons. The SMILES string of the molecule is CCOCCNC(=O)c1cc(F)c(F)c(F)c1. The Labute approximate surface area is 96.6 Å². The van der Waals surface area contributed by atoms with Gasteiger partial charge >= 0.3 is 0 Å². The van der Waals surface area contributed by atoms with Crippen LogP contribution in [-0.4, -0.2) is 25.7 Å². The number of hydrogen-bond acceptors (Lipinski definition) is 2. The molecule has 0 saturated carbocycles. The van der Waals surface area contributed by atoms with Crippen molar-refractivity contribution in [3.63, 3.8) is 0 Å². The third-order valence-electron chi connectivity index (χ3n) is 1.98. The molecule has 1 N–H and O–H groups in total. The highest BCUT2D eigenvalue weighted by Gasteiger charge is 2.14. The number of nitrogens with one attached hydrogen (secondary N) is 1. The summed E-state index contributed by atoms with van der Waals surface area (Å²) in [5.74, 6) is -5.04.